The normalized spacial score (nSPS) is 12.2. The number of hydrogen-bond donors (Lipinski definition) is 1. The minimum atomic E-state index is -0.275. The van der Waals surface area contributed by atoms with Crippen LogP contribution in [-0.2, 0) is 0 Å². The minimum absolute atomic E-state index is 0.275. The fraction of sp³-hybridized carbons (Fsp3) is 0.200. The Hall–Kier alpha value is -0.550. The van der Waals surface area contributed by atoms with Crippen LogP contribution >= 0.6 is 43.5 Å². The van der Waals surface area contributed by atoms with Crippen LogP contribution in [0.1, 0.15) is 24.1 Å². The van der Waals surface area contributed by atoms with E-state index in [2.05, 4.69) is 31.9 Å². The molecule has 0 spiro atoms. The van der Waals surface area contributed by atoms with E-state index >= 15 is 0 Å². The van der Waals surface area contributed by atoms with Gasteiger partial charge in [-0.15, -0.1) is 0 Å². The summed E-state index contributed by atoms with van der Waals surface area (Å²) >= 11 is 12.9. The molecule has 2 aromatic carbocycles. The fourth-order valence-corrected chi connectivity index (χ4v) is 2.83. The smallest absolute Gasteiger partial charge is 0.124 e. The molecule has 1 unspecified atom stereocenters. The highest BCUT2D eigenvalue weighted by Crippen LogP contribution is 2.33. The number of halogens is 3. The Balaban J connectivity index is 2.43. The second-order valence-corrected chi connectivity index (χ2v) is 6.44. The minimum Gasteiger partial charge on any atom is -0.494 e. The molecule has 0 amide bonds. The molecule has 0 aliphatic rings. The summed E-state index contributed by atoms with van der Waals surface area (Å²) < 4.78 is 7.46. The van der Waals surface area contributed by atoms with Crippen LogP contribution in [-0.4, -0.2) is 6.61 Å². The van der Waals surface area contributed by atoms with E-state index in [0.29, 0.717) is 11.6 Å². The second-order valence-electron chi connectivity index (χ2n) is 4.27. The van der Waals surface area contributed by atoms with Crippen molar-refractivity contribution < 1.29 is 4.74 Å². The van der Waals surface area contributed by atoms with Crippen molar-refractivity contribution in [1.29, 1.82) is 0 Å². The van der Waals surface area contributed by atoms with Crippen LogP contribution in [0.15, 0.2) is 45.3 Å². The van der Waals surface area contributed by atoms with Gasteiger partial charge in [-0.05, 0) is 58.7 Å². The number of hydrogen-bond acceptors (Lipinski definition) is 2. The maximum absolute atomic E-state index is 6.37. The molecule has 0 aliphatic carbocycles. The molecule has 0 saturated carbocycles. The van der Waals surface area contributed by atoms with Crippen LogP contribution in [0.2, 0.25) is 5.02 Å². The molecule has 0 aliphatic heterocycles. The predicted octanol–water partition coefficient (Wildman–Crippen LogP) is 5.31. The quantitative estimate of drug-likeness (QED) is 0.729. The molecule has 0 saturated heterocycles. The van der Waals surface area contributed by atoms with Crippen LogP contribution in [0.4, 0.5) is 0 Å². The van der Waals surface area contributed by atoms with Crippen LogP contribution in [0, 0.1) is 0 Å². The van der Waals surface area contributed by atoms with Gasteiger partial charge in [-0.1, -0.05) is 33.6 Å². The van der Waals surface area contributed by atoms with E-state index in [1.807, 2.05) is 43.3 Å². The molecule has 0 radical (unpaired) electrons. The van der Waals surface area contributed by atoms with E-state index in [9.17, 15) is 0 Å². The first kappa shape index (κ1) is 15.8. The first-order chi connectivity index (χ1) is 9.52. The lowest BCUT2D eigenvalue weighted by Crippen LogP contribution is -2.13. The number of nitrogens with two attached hydrogens (primary N) is 1. The molecule has 106 valence electrons. The van der Waals surface area contributed by atoms with E-state index in [4.69, 9.17) is 22.1 Å². The Labute approximate surface area is 140 Å². The fourth-order valence-electron chi connectivity index (χ4n) is 1.93. The van der Waals surface area contributed by atoms with Gasteiger partial charge >= 0.3 is 0 Å². The van der Waals surface area contributed by atoms with Gasteiger partial charge in [0.2, 0.25) is 0 Å². The van der Waals surface area contributed by atoms with Crippen molar-refractivity contribution in [2.75, 3.05) is 6.61 Å². The zero-order chi connectivity index (χ0) is 14.7. The Kier molecular flexibility index (Phi) is 5.49. The maximum Gasteiger partial charge on any atom is 0.124 e. The zero-order valence-electron chi connectivity index (χ0n) is 10.9. The van der Waals surface area contributed by atoms with Crippen molar-refractivity contribution >= 4 is 43.5 Å². The molecule has 20 heavy (non-hydrogen) atoms. The van der Waals surface area contributed by atoms with Gasteiger partial charge in [-0.25, -0.2) is 0 Å². The summed E-state index contributed by atoms with van der Waals surface area (Å²) in [6, 6.07) is 11.3. The molecule has 0 heterocycles. The molecule has 5 heteroatoms. The van der Waals surface area contributed by atoms with Gasteiger partial charge in [-0.2, -0.15) is 0 Å². The topological polar surface area (TPSA) is 35.2 Å². The largest absolute Gasteiger partial charge is 0.494 e. The molecule has 2 aromatic rings. The van der Waals surface area contributed by atoms with Crippen molar-refractivity contribution in [3.8, 4) is 5.75 Å². The van der Waals surface area contributed by atoms with Crippen molar-refractivity contribution in [3.63, 3.8) is 0 Å². The van der Waals surface area contributed by atoms with Gasteiger partial charge < -0.3 is 10.5 Å². The summed E-state index contributed by atoms with van der Waals surface area (Å²) in [6.07, 6.45) is 0. The van der Waals surface area contributed by atoms with Crippen LogP contribution in [0.5, 0.6) is 5.75 Å². The van der Waals surface area contributed by atoms with Gasteiger partial charge in [0.15, 0.2) is 0 Å². The lowest BCUT2D eigenvalue weighted by Gasteiger charge is -2.18. The summed E-state index contributed by atoms with van der Waals surface area (Å²) in [7, 11) is 0. The highest BCUT2D eigenvalue weighted by Gasteiger charge is 2.15. The third-order valence-electron chi connectivity index (χ3n) is 2.91. The monoisotopic (exact) mass is 417 g/mol. The summed E-state index contributed by atoms with van der Waals surface area (Å²) in [5.74, 6) is 0.800. The SMILES string of the molecule is CCOc1ccc(Br)cc1C(N)c1ccc(Cl)c(Br)c1. The number of rotatable bonds is 4. The van der Waals surface area contributed by atoms with E-state index in [1.54, 1.807) is 0 Å². The van der Waals surface area contributed by atoms with Crippen molar-refractivity contribution in [2.24, 2.45) is 5.73 Å². The van der Waals surface area contributed by atoms with Crippen LogP contribution in [0.25, 0.3) is 0 Å². The van der Waals surface area contributed by atoms with Crippen molar-refractivity contribution in [1.82, 2.24) is 0 Å². The molecule has 1 atom stereocenters. The molecular formula is C15H14Br2ClNO. The van der Waals surface area contributed by atoms with Gasteiger partial charge in [0.1, 0.15) is 5.75 Å². The van der Waals surface area contributed by atoms with Gasteiger partial charge in [-0.3, -0.25) is 0 Å². The molecule has 2 N–H and O–H groups in total. The number of benzene rings is 2. The third-order valence-corrected chi connectivity index (χ3v) is 4.62. The average Bonchev–Trinajstić information content (AvgIpc) is 2.43. The standard InChI is InChI=1S/C15H14Br2ClNO/c1-2-20-14-6-4-10(16)8-11(14)15(19)9-3-5-13(18)12(17)7-9/h3-8,15H,2,19H2,1H3. The van der Waals surface area contributed by atoms with E-state index in [1.165, 1.54) is 0 Å². The average molecular weight is 420 g/mol. The van der Waals surface area contributed by atoms with E-state index < -0.39 is 0 Å². The molecule has 0 bridgehead atoms. The highest BCUT2D eigenvalue weighted by molar-refractivity contribution is 9.10. The Morgan fingerprint density at radius 2 is 1.95 bits per heavy atom. The third kappa shape index (κ3) is 3.55. The van der Waals surface area contributed by atoms with Crippen molar-refractivity contribution in [3.05, 3.63) is 61.5 Å². The first-order valence-corrected chi connectivity index (χ1v) is 8.12. The van der Waals surface area contributed by atoms with Crippen molar-refractivity contribution in [2.45, 2.75) is 13.0 Å². The molecular weight excluding hydrogens is 405 g/mol. The van der Waals surface area contributed by atoms with Gasteiger partial charge in [0, 0.05) is 14.5 Å². The number of ether oxygens (including phenoxy) is 1. The molecule has 0 aromatic heterocycles. The van der Waals surface area contributed by atoms with E-state index in [-0.39, 0.29) is 6.04 Å². The molecule has 0 fully saturated rings. The van der Waals surface area contributed by atoms with Crippen LogP contribution in [0.3, 0.4) is 0 Å². The Morgan fingerprint density at radius 3 is 2.60 bits per heavy atom. The summed E-state index contributed by atoms with van der Waals surface area (Å²) in [6.45, 7) is 2.56. The Bertz CT molecular complexity index is 619. The van der Waals surface area contributed by atoms with Crippen LogP contribution < -0.4 is 10.5 Å². The molecule has 2 nitrogen and oxygen atoms in total. The maximum atomic E-state index is 6.37. The lowest BCUT2D eigenvalue weighted by atomic mass is 9.99. The molecule has 2 rings (SSSR count). The summed E-state index contributed by atoms with van der Waals surface area (Å²) in [5.41, 5.74) is 8.28. The lowest BCUT2D eigenvalue weighted by molar-refractivity contribution is 0.335. The zero-order valence-corrected chi connectivity index (χ0v) is 14.8. The first-order valence-electron chi connectivity index (χ1n) is 6.15. The van der Waals surface area contributed by atoms with Gasteiger partial charge in [0.05, 0.1) is 17.7 Å². The highest BCUT2D eigenvalue weighted by atomic mass is 79.9. The summed E-state index contributed by atoms with van der Waals surface area (Å²) in [4.78, 5) is 0. The predicted molar refractivity (Wildman–Crippen MR) is 90.5 cm³/mol. The van der Waals surface area contributed by atoms with Gasteiger partial charge in [0.25, 0.3) is 0 Å². The second kappa shape index (κ2) is 6.94. The summed E-state index contributed by atoms with van der Waals surface area (Å²) in [5, 5.41) is 0.667. The Morgan fingerprint density at radius 1 is 1.20 bits per heavy atom. The van der Waals surface area contributed by atoms with E-state index in [0.717, 1.165) is 25.8 Å².